The average Bonchev–Trinajstić information content (AvgIpc) is 3.50. The van der Waals surface area contributed by atoms with E-state index in [2.05, 4.69) is 0 Å². The van der Waals surface area contributed by atoms with Crippen LogP contribution in [0.1, 0.15) is 30.3 Å². The van der Waals surface area contributed by atoms with Crippen LogP contribution in [0.4, 0.5) is 5.13 Å². The van der Waals surface area contributed by atoms with E-state index in [0.29, 0.717) is 29.6 Å². The highest BCUT2D eigenvalue weighted by Crippen LogP contribution is 2.35. The lowest BCUT2D eigenvalue weighted by atomic mass is 10.2. The van der Waals surface area contributed by atoms with Gasteiger partial charge in [-0.05, 0) is 44.0 Å². The maximum atomic E-state index is 13.5. The Balaban J connectivity index is 1.55. The van der Waals surface area contributed by atoms with Crippen LogP contribution in [0.5, 0.6) is 5.75 Å². The van der Waals surface area contributed by atoms with E-state index in [4.69, 9.17) is 18.9 Å². The standard InChI is InChI=1S/C23H22N2O4S/c1-2-27-18-10-5-11-20-21(18)24-23(30-20)25(14-16-8-6-12-28-16)22(26)19-13-15-7-3-4-9-17(15)29-19/h3-5,7,9-11,13,16H,2,6,8,12,14H2,1H3. The summed E-state index contributed by atoms with van der Waals surface area (Å²) in [6.07, 6.45) is 1.93. The second-order valence-electron chi connectivity index (χ2n) is 7.23. The Morgan fingerprint density at radius 3 is 2.97 bits per heavy atom. The van der Waals surface area contributed by atoms with Crippen LogP contribution in [0.15, 0.2) is 52.9 Å². The second-order valence-corrected chi connectivity index (χ2v) is 8.24. The van der Waals surface area contributed by atoms with E-state index in [1.807, 2.05) is 49.4 Å². The summed E-state index contributed by atoms with van der Waals surface area (Å²) in [6, 6.07) is 15.3. The van der Waals surface area contributed by atoms with Crippen molar-refractivity contribution in [2.75, 3.05) is 24.7 Å². The van der Waals surface area contributed by atoms with Gasteiger partial charge in [-0.3, -0.25) is 9.69 Å². The molecule has 30 heavy (non-hydrogen) atoms. The van der Waals surface area contributed by atoms with Crippen LogP contribution in [-0.2, 0) is 4.74 Å². The number of para-hydroxylation sites is 2. The monoisotopic (exact) mass is 422 g/mol. The van der Waals surface area contributed by atoms with Crippen LogP contribution in [0.3, 0.4) is 0 Å². The normalized spacial score (nSPS) is 16.4. The van der Waals surface area contributed by atoms with Gasteiger partial charge in [0, 0.05) is 12.0 Å². The summed E-state index contributed by atoms with van der Waals surface area (Å²) in [5, 5.41) is 1.53. The van der Waals surface area contributed by atoms with Gasteiger partial charge in [-0.15, -0.1) is 0 Å². The van der Waals surface area contributed by atoms with Gasteiger partial charge in [0.05, 0.1) is 24.0 Å². The van der Waals surface area contributed by atoms with Gasteiger partial charge in [0.2, 0.25) is 0 Å². The molecule has 1 amide bonds. The Bertz CT molecular complexity index is 1160. The zero-order chi connectivity index (χ0) is 20.5. The number of hydrogen-bond acceptors (Lipinski definition) is 6. The molecule has 1 saturated heterocycles. The lowest BCUT2D eigenvalue weighted by Gasteiger charge is -2.22. The summed E-state index contributed by atoms with van der Waals surface area (Å²) in [7, 11) is 0. The fraction of sp³-hybridized carbons (Fsp3) is 0.304. The number of hydrogen-bond donors (Lipinski definition) is 0. The number of rotatable bonds is 6. The average molecular weight is 423 g/mol. The second kappa shape index (κ2) is 8.08. The number of carbonyl (C=O) groups excluding carboxylic acids is 1. The minimum absolute atomic E-state index is 0.00305. The molecular weight excluding hydrogens is 400 g/mol. The van der Waals surface area contributed by atoms with Crippen LogP contribution >= 0.6 is 11.3 Å². The molecule has 4 aromatic rings. The zero-order valence-corrected chi connectivity index (χ0v) is 17.5. The highest BCUT2D eigenvalue weighted by Gasteiger charge is 2.29. The molecular formula is C23H22N2O4S. The van der Waals surface area contributed by atoms with Gasteiger partial charge in [0.1, 0.15) is 16.8 Å². The molecule has 0 N–H and O–H groups in total. The number of benzene rings is 2. The lowest BCUT2D eigenvalue weighted by molar-refractivity contribution is 0.0896. The first-order chi connectivity index (χ1) is 14.7. The predicted molar refractivity (Wildman–Crippen MR) is 118 cm³/mol. The fourth-order valence-electron chi connectivity index (χ4n) is 3.76. The molecule has 3 heterocycles. The third kappa shape index (κ3) is 3.55. The van der Waals surface area contributed by atoms with Crippen molar-refractivity contribution >= 4 is 43.6 Å². The molecule has 5 rings (SSSR count). The quantitative estimate of drug-likeness (QED) is 0.424. The maximum absolute atomic E-state index is 13.5. The van der Waals surface area contributed by atoms with Crippen molar-refractivity contribution in [2.45, 2.75) is 25.9 Å². The van der Waals surface area contributed by atoms with Crippen LogP contribution in [0, 0.1) is 0 Å². The molecule has 0 spiro atoms. The van der Waals surface area contributed by atoms with Gasteiger partial charge < -0.3 is 13.9 Å². The van der Waals surface area contributed by atoms with Gasteiger partial charge in [-0.1, -0.05) is 35.6 Å². The summed E-state index contributed by atoms with van der Waals surface area (Å²) in [5.41, 5.74) is 1.47. The minimum atomic E-state index is -0.210. The van der Waals surface area contributed by atoms with E-state index in [-0.39, 0.29) is 12.0 Å². The Kier molecular flexibility index (Phi) is 5.14. The zero-order valence-electron chi connectivity index (χ0n) is 16.7. The molecule has 1 aliphatic rings. The molecule has 6 nitrogen and oxygen atoms in total. The third-order valence-electron chi connectivity index (χ3n) is 5.19. The van der Waals surface area contributed by atoms with Crippen molar-refractivity contribution < 1.29 is 18.7 Å². The SMILES string of the molecule is CCOc1cccc2sc(N(CC3CCCO3)C(=O)c3cc4ccccc4o3)nc12. The summed E-state index contributed by atoms with van der Waals surface area (Å²) in [6.45, 7) is 3.68. The Morgan fingerprint density at radius 2 is 2.17 bits per heavy atom. The van der Waals surface area contributed by atoms with E-state index in [9.17, 15) is 4.79 Å². The molecule has 154 valence electrons. The number of ether oxygens (including phenoxy) is 2. The number of thiazole rings is 1. The van der Waals surface area contributed by atoms with Crippen molar-refractivity contribution in [3.05, 3.63) is 54.3 Å². The molecule has 0 saturated carbocycles. The summed E-state index contributed by atoms with van der Waals surface area (Å²) in [4.78, 5) is 20.0. The van der Waals surface area contributed by atoms with Gasteiger partial charge >= 0.3 is 0 Å². The van der Waals surface area contributed by atoms with Crippen LogP contribution < -0.4 is 9.64 Å². The van der Waals surface area contributed by atoms with Crippen molar-refractivity contribution in [1.82, 2.24) is 4.98 Å². The highest BCUT2D eigenvalue weighted by atomic mass is 32.1. The maximum Gasteiger partial charge on any atom is 0.295 e. The molecule has 1 atom stereocenters. The smallest absolute Gasteiger partial charge is 0.295 e. The Labute approximate surface area is 178 Å². The largest absolute Gasteiger partial charge is 0.492 e. The summed E-state index contributed by atoms with van der Waals surface area (Å²) in [5.74, 6) is 0.822. The molecule has 2 aromatic heterocycles. The van der Waals surface area contributed by atoms with Gasteiger partial charge in [0.25, 0.3) is 5.91 Å². The number of nitrogens with zero attached hydrogens (tertiary/aromatic N) is 2. The number of furan rings is 1. The lowest BCUT2D eigenvalue weighted by Crippen LogP contribution is -2.37. The first kappa shape index (κ1) is 19.1. The molecule has 1 fully saturated rings. The molecule has 2 aromatic carbocycles. The van der Waals surface area contributed by atoms with Crippen LogP contribution in [0.25, 0.3) is 21.2 Å². The topological polar surface area (TPSA) is 64.8 Å². The molecule has 0 bridgehead atoms. The molecule has 1 unspecified atom stereocenters. The fourth-order valence-corrected chi connectivity index (χ4v) is 4.75. The van der Waals surface area contributed by atoms with Crippen molar-refractivity contribution in [2.24, 2.45) is 0 Å². The highest BCUT2D eigenvalue weighted by molar-refractivity contribution is 7.22. The number of anilines is 1. The van der Waals surface area contributed by atoms with Gasteiger partial charge in [-0.2, -0.15) is 0 Å². The summed E-state index contributed by atoms with van der Waals surface area (Å²) >= 11 is 1.48. The predicted octanol–water partition coefficient (Wildman–Crippen LogP) is 5.27. The molecule has 1 aliphatic heterocycles. The summed E-state index contributed by atoms with van der Waals surface area (Å²) < 4.78 is 18.4. The molecule has 7 heteroatoms. The minimum Gasteiger partial charge on any atom is -0.492 e. The molecule has 0 radical (unpaired) electrons. The number of fused-ring (bicyclic) bond motifs is 2. The van der Waals surface area contributed by atoms with Crippen LogP contribution in [-0.4, -0.2) is 36.8 Å². The van der Waals surface area contributed by atoms with Crippen molar-refractivity contribution in [1.29, 1.82) is 0 Å². The van der Waals surface area contributed by atoms with Crippen LogP contribution in [0.2, 0.25) is 0 Å². The van der Waals surface area contributed by atoms with Gasteiger partial charge in [0.15, 0.2) is 10.9 Å². The number of carbonyl (C=O) groups is 1. The Hall–Kier alpha value is -2.90. The third-order valence-corrected chi connectivity index (χ3v) is 6.24. The van der Waals surface area contributed by atoms with E-state index in [1.54, 1.807) is 11.0 Å². The van der Waals surface area contributed by atoms with E-state index in [0.717, 1.165) is 40.8 Å². The number of aromatic nitrogens is 1. The van der Waals surface area contributed by atoms with Crippen molar-refractivity contribution in [3.63, 3.8) is 0 Å². The van der Waals surface area contributed by atoms with Gasteiger partial charge in [-0.25, -0.2) is 4.98 Å². The van der Waals surface area contributed by atoms with E-state index < -0.39 is 0 Å². The first-order valence-electron chi connectivity index (χ1n) is 10.2. The van der Waals surface area contributed by atoms with Crippen molar-refractivity contribution in [3.8, 4) is 5.75 Å². The Morgan fingerprint density at radius 1 is 1.27 bits per heavy atom. The number of amides is 1. The van der Waals surface area contributed by atoms with E-state index >= 15 is 0 Å². The molecule has 0 aliphatic carbocycles. The first-order valence-corrected chi connectivity index (χ1v) is 11.0. The van der Waals surface area contributed by atoms with E-state index in [1.165, 1.54) is 11.3 Å².